The van der Waals surface area contributed by atoms with Gasteiger partial charge in [-0.1, -0.05) is 41.9 Å². The van der Waals surface area contributed by atoms with Gasteiger partial charge in [-0.2, -0.15) is 0 Å². The van der Waals surface area contributed by atoms with Crippen molar-refractivity contribution in [2.45, 2.75) is 6.10 Å². The Morgan fingerprint density at radius 1 is 1.04 bits per heavy atom. The van der Waals surface area contributed by atoms with Crippen LogP contribution in [0.15, 0.2) is 72.9 Å². The van der Waals surface area contributed by atoms with Crippen LogP contribution in [0, 0.1) is 0 Å². The number of nitrogens with zero attached hydrogens (tertiary/aromatic N) is 1. The zero-order valence-electron chi connectivity index (χ0n) is 12.7. The zero-order valence-corrected chi connectivity index (χ0v) is 13.4. The topological polar surface area (TPSA) is 62.2 Å². The lowest BCUT2D eigenvalue weighted by molar-refractivity contribution is 0.102. The predicted octanol–water partition coefficient (Wildman–Crippen LogP) is 4.07. The molecule has 24 heavy (non-hydrogen) atoms. The maximum absolute atomic E-state index is 12.4. The number of carbonyl (C=O) groups is 1. The van der Waals surface area contributed by atoms with Gasteiger partial charge in [0.15, 0.2) is 0 Å². The summed E-state index contributed by atoms with van der Waals surface area (Å²) in [5.74, 6) is -0.277. The van der Waals surface area contributed by atoms with Gasteiger partial charge in [0.25, 0.3) is 5.91 Å². The summed E-state index contributed by atoms with van der Waals surface area (Å²) in [5.41, 5.74) is 2.21. The minimum absolute atomic E-state index is 0.277. The van der Waals surface area contributed by atoms with Gasteiger partial charge in [-0.3, -0.25) is 9.78 Å². The fraction of sp³-hybridized carbons (Fsp3) is 0.0526. The fourth-order valence-corrected chi connectivity index (χ4v) is 2.41. The SMILES string of the molecule is O=C(Nc1ccc(Cl)cc1)c1ccnc(C(O)c2ccccc2)c1. The Bertz CT molecular complexity index is 836. The first-order valence-corrected chi connectivity index (χ1v) is 7.77. The fourth-order valence-electron chi connectivity index (χ4n) is 2.28. The highest BCUT2D eigenvalue weighted by Crippen LogP contribution is 2.21. The minimum atomic E-state index is -0.880. The third-order valence-corrected chi connectivity index (χ3v) is 3.79. The summed E-state index contributed by atoms with van der Waals surface area (Å²) in [6.45, 7) is 0. The first kappa shape index (κ1) is 16.2. The van der Waals surface area contributed by atoms with Gasteiger partial charge < -0.3 is 10.4 Å². The summed E-state index contributed by atoms with van der Waals surface area (Å²) >= 11 is 5.83. The van der Waals surface area contributed by atoms with E-state index in [1.807, 2.05) is 30.3 Å². The number of aliphatic hydroxyl groups excluding tert-OH is 1. The Balaban J connectivity index is 1.79. The molecular formula is C19H15ClN2O2. The number of pyridine rings is 1. The molecule has 4 nitrogen and oxygen atoms in total. The summed E-state index contributed by atoms with van der Waals surface area (Å²) in [6, 6.07) is 19.2. The molecule has 3 rings (SSSR count). The van der Waals surface area contributed by atoms with E-state index in [-0.39, 0.29) is 5.91 Å². The number of anilines is 1. The van der Waals surface area contributed by atoms with Crippen molar-refractivity contribution in [1.29, 1.82) is 0 Å². The minimum Gasteiger partial charge on any atom is -0.382 e. The number of benzene rings is 2. The average molecular weight is 339 g/mol. The van der Waals surface area contributed by atoms with Crippen molar-refractivity contribution < 1.29 is 9.90 Å². The number of hydrogen-bond donors (Lipinski definition) is 2. The molecule has 2 N–H and O–H groups in total. The van der Waals surface area contributed by atoms with Crippen molar-refractivity contribution in [3.05, 3.63) is 94.8 Å². The van der Waals surface area contributed by atoms with Crippen molar-refractivity contribution in [3.8, 4) is 0 Å². The summed E-state index contributed by atoms with van der Waals surface area (Å²) in [7, 11) is 0. The van der Waals surface area contributed by atoms with E-state index in [1.54, 1.807) is 36.4 Å². The molecule has 1 aromatic heterocycles. The molecule has 120 valence electrons. The monoisotopic (exact) mass is 338 g/mol. The second-order valence-corrected chi connectivity index (χ2v) is 5.68. The largest absolute Gasteiger partial charge is 0.382 e. The molecule has 0 spiro atoms. The van der Waals surface area contributed by atoms with Crippen LogP contribution in [0.5, 0.6) is 0 Å². The van der Waals surface area contributed by atoms with Gasteiger partial charge >= 0.3 is 0 Å². The highest BCUT2D eigenvalue weighted by Gasteiger charge is 2.14. The molecule has 0 fully saturated rings. The number of aliphatic hydroxyl groups is 1. The second-order valence-electron chi connectivity index (χ2n) is 5.24. The van der Waals surface area contributed by atoms with Crippen LogP contribution in [-0.4, -0.2) is 16.0 Å². The highest BCUT2D eigenvalue weighted by atomic mass is 35.5. The summed E-state index contributed by atoms with van der Waals surface area (Å²) in [5, 5.41) is 13.8. The Morgan fingerprint density at radius 2 is 1.75 bits per heavy atom. The molecule has 1 atom stereocenters. The number of amides is 1. The number of carbonyl (C=O) groups excluding carboxylic acids is 1. The van der Waals surface area contributed by atoms with Crippen molar-refractivity contribution in [2.24, 2.45) is 0 Å². The van der Waals surface area contributed by atoms with E-state index >= 15 is 0 Å². The molecule has 1 amide bonds. The van der Waals surface area contributed by atoms with E-state index in [0.29, 0.717) is 22.0 Å². The summed E-state index contributed by atoms with van der Waals surface area (Å²) in [4.78, 5) is 16.5. The van der Waals surface area contributed by atoms with Crippen molar-refractivity contribution in [2.75, 3.05) is 5.32 Å². The van der Waals surface area contributed by atoms with E-state index in [2.05, 4.69) is 10.3 Å². The molecule has 3 aromatic rings. The number of aromatic nitrogens is 1. The van der Waals surface area contributed by atoms with Crippen LogP contribution in [0.1, 0.15) is 27.7 Å². The van der Waals surface area contributed by atoms with E-state index in [9.17, 15) is 9.90 Å². The molecule has 0 radical (unpaired) electrons. The van der Waals surface area contributed by atoms with Gasteiger partial charge in [-0.05, 0) is 42.0 Å². The normalized spacial score (nSPS) is 11.8. The van der Waals surface area contributed by atoms with Crippen molar-refractivity contribution in [1.82, 2.24) is 4.98 Å². The smallest absolute Gasteiger partial charge is 0.255 e. The summed E-state index contributed by atoms with van der Waals surface area (Å²) < 4.78 is 0. The Hall–Kier alpha value is -2.69. The molecule has 2 aromatic carbocycles. The first-order valence-electron chi connectivity index (χ1n) is 7.39. The number of hydrogen-bond acceptors (Lipinski definition) is 3. The Morgan fingerprint density at radius 3 is 2.46 bits per heavy atom. The lowest BCUT2D eigenvalue weighted by Crippen LogP contribution is -2.13. The van der Waals surface area contributed by atoms with E-state index in [4.69, 9.17) is 11.6 Å². The number of halogens is 1. The van der Waals surface area contributed by atoms with E-state index in [0.717, 1.165) is 5.56 Å². The zero-order chi connectivity index (χ0) is 16.9. The molecule has 0 aliphatic carbocycles. The molecule has 1 heterocycles. The lowest BCUT2D eigenvalue weighted by atomic mass is 10.0. The van der Waals surface area contributed by atoms with Gasteiger partial charge in [0.05, 0.1) is 5.69 Å². The van der Waals surface area contributed by atoms with Crippen LogP contribution in [0.2, 0.25) is 5.02 Å². The van der Waals surface area contributed by atoms with Gasteiger partial charge in [0, 0.05) is 22.5 Å². The van der Waals surface area contributed by atoms with Crippen LogP contribution in [-0.2, 0) is 0 Å². The Labute approximate surface area is 144 Å². The quantitative estimate of drug-likeness (QED) is 0.753. The molecule has 0 bridgehead atoms. The lowest BCUT2D eigenvalue weighted by Gasteiger charge is -2.12. The standard InChI is InChI=1S/C19H15ClN2O2/c20-15-6-8-16(9-7-15)22-19(24)14-10-11-21-17(12-14)18(23)13-4-2-1-3-5-13/h1-12,18,23H,(H,22,24). The molecule has 0 saturated heterocycles. The third kappa shape index (κ3) is 3.79. The Kier molecular flexibility index (Phi) is 4.89. The van der Waals surface area contributed by atoms with Crippen LogP contribution < -0.4 is 5.32 Å². The summed E-state index contributed by atoms with van der Waals surface area (Å²) in [6.07, 6.45) is 0.632. The van der Waals surface area contributed by atoms with Gasteiger partial charge in [0.2, 0.25) is 0 Å². The predicted molar refractivity (Wildman–Crippen MR) is 94.1 cm³/mol. The molecule has 0 aliphatic heterocycles. The van der Waals surface area contributed by atoms with Crippen molar-refractivity contribution in [3.63, 3.8) is 0 Å². The van der Waals surface area contributed by atoms with Crippen LogP contribution in [0.25, 0.3) is 0 Å². The maximum Gasteiger partial charge on any atom is 0.255 e. The van der Waals surface area contributed by atoms with Crippen molar-refractivity contribution >= 4 is 23.2 Å². The van der Waals surface area contributed by atoms with Crippen LogP contribution >= 0.6 is 11.6 Å². The van der Waals surface area contributed by atoms with E-state index < -0.39 is 6.10 Å². The maximum atomic E-state index is 12.4. The van der Waals surface area contributed by atoms with Gasteiger partial charge in [0.1, 0.15) is 6.10 Å². The molecule has 5 heteroatoms. The first-order chi connectivity index (χ1) is 11.6. The molecule has 0 saturated carbocycles. The van der Waals surface area contributed by atoms with Crippen LogP contribution in [0.3, 0.4) is 0 Å². The van der Waals surface area contributed by atoms with Crippen LogP contribution in [0.4, 0.5) is 5.69 Å². The highest BCUT2D eigenvalue weighted by molar-refractivity contribution is 6.30. The van der Waals surface area contributed by atoms with Gasteiger partial charge in [-0.25, -0.2) is 0 Å². The molecule has 0 aliphatic rings. The second kappa shape index (κ2) is 7.25. The third-order valence-electron chi connectivity index (χ3n) is 3.54. The average Bonchev–Trinajstić information content (AvgIpc) is 2.64. The molecular weight excluding hydrogens is 324 g/mol. The van der Waals surface area contributed by atoms with Gasteiger partial charge in [-0.15, -0.1) is 0 Å². The van der Waals surface area contributed by atoms with E-state index in [1.165, 1.54) is 6.20 Å². The molecule has 1 unspecified atom stereocenters. The number of rotatable bonds is 4. The number of nitrogens with one attached hydrogen (secondary N) is 1.